The summed E-state index contributed by atoms with van der Waals surface area (Å²) >= 11 is 0. The highest BCUT2D eigenvalue weighted by atomic mass is 35.5. The number of nitrogens with one attached hydrogen (secondary N) is 1. The molecule has 6 nitrogen and oxygen atoms in total. The van der Waals surface area contributed by atoms with Crippen LogP contribution in [0, 0.1) is 0 Å². The molecule has 0 atom stereocenters. The maximum Gasteiger partial charge on any atom is 0.251 e. The Morgan fingerprint density at radius 3 is 2.76 bits per heavy atom. The molecule has 3 N–H and O–H groups in total. The molecule has 1 aromatic rings. The van der Waals surface area contributed by atoms with E-state index >= 15 is 0 Å². The van der Waals surface area contributed by atoms with Gasteiger partial charge in [-0.2, -0.15) is 0 Å². The Morgan fingerprint density at radius 2 is 2.14 bits per heavy atom. The van der Waals surface area contributed by atoms with Gasteiger partial charge in [-0.15, -0.1) is 12.4 Å². The largest absolute Gasteiger partial charge is 0.351 e. The van der Waals surface area contributed by atoms with E-state index in [0.29, 0.717) is 30.9 Å². The van der Waals surface area contributed by atoms with Gasteiger partial charge in [0.15, 0.2) is 0 Å². The van der Waals surface area contributed by atoms with E-state index in [1.165, 1.54) is 10.6 Å². The molecule has 0 saturated carbocycles. The van der Waals surface area contributed by atoms with Crippen LogP contribution >= 0.6 is 12.4 Å². The average molecular weight is 334 g/mol. The molecule has 1 amide bonds. The number of carbonyl (C=O) groups excluding carboxylic acids is 1. The monoisotopic (exact) mass is 333 g/mol. The number of fused-ring (bicyclic) bond motifs is 1. The molecule has 0 aromatic heterocycles. The first kappa shape index (κ1) is 17.7. The van der Waals surface area contributed by atoms with Crippen molar-refractivity contribution in [3.8, 4) is 0 Å². The van der Waals surface area contributed by atoms with Gasteiger partial charge in [0.05, 0.1) is 11.9 Å². The Hall–Kier alpha value is -1.31. The van der Waals surface area contributed by atoms with Crippen LogP contribution in [0.15, 0.2) is 18.2 Å². The number of rotatable bonds is 4. The zero-order valence-electron chi connectivity index (χ0n) is 11.8. The molecule has 2 rings (SSSR count). The molecular formula is C13H20ClN3O3S. The van der Waals surface area contributed by atoms with Crippen molar-refractivity contribution < 1.29 is 13.2 Å². The van der Waals surface area contributed by atoms with Crippen LogP contribution < -0.4 is 15.4 Å². The van der Waals surface area contributed by atoms with Crippen LogP contribution in [-0.4, -0.2) is 40.2 Å². The van der Waals surface area contributed by atoms with Crippen molar-refractivity contribution in [1.29, 1.82) is 0 Å². The second kappa shape index (κ2) is 7.11. The van der Waals surface area contributed by atoms with Crippen molar-refractivity contribution in [2.24, 2.45) is 5.73 Å². The third-order valence-electron chi connectivity index (χ3n) is 3.25. The van der Waals surface area contributed by atoms with Crippen LogP contribution in [0.2, 0.25) is 0 Å². The summed E-state index contributed by atoms with van der Waals surface area (Å²) in [6, 6.07) is 5.11. The van der Waals surface area contributed by atoms with Crippen LogP contribution in [0.3, 0.4) is 0 Å². The fourth-order valence-corrected chi connectivity index (χ4v) is 3.33. The minimum atomic E-state index is -3.27. The van der Waals surface area contributed by atoms with Crippen LogP contribution in [0.4, 0.5) is 5.69 Å². The quantitative estimate of drug-likeness (QED) is 0.839. The Bertz CT molecular complexity index is 619. The first-order chi connectivity index (χ1) is 9.43. The SMILES string of the molecule is CS(=O)(=O)N1CCCc2cc(C(=O)NCCN)ccc21.Cl. The summed E-state index contributed by atoms with van der Waals surface area (Å²) in [5, 5.41) is 2.70. The van der Waals surface area contributed by atoms with E-state index in [2.05, 4.69) is 5.32 Å². The summed E-state index contributed by atoms with van der Waals surface area (Å²) in [5.74, 6) is -0.185. The van der Waals surface area contributed by atoms with Crippen molar-refractivity contribution in [2.45, 2.75) is 12.8 Å². The summed E-state index contributed by atoms with van der Waals surface area (Å²) in [6.07, 6.45) is 2.73. The molecular weight excluding hydrogens is 314 g/mol. The molecule has 0 unspecified atom stereocenters. The lowest BCUT2D eigenvalue weighted by molar-refractivity contribution is 0.0954. The fourth-order valence-electron chi connectivity index (χ4n) is 2.34. The highest BCUT2D eigenvalue weighted by Gasteiger charge is 2.24. The van der Waals surface area contributed by atoms with Crippen LogP contribution in [0.5, 0.6) is 0 Å². The lowest BCUT2D eigenvalue weighted by atomic mass is 10.0. The summed E-state index contributed by atoms with van der Waals surface area (Å²) in [4.78, 5) is 11.9. The minimum absolute atomic E-state index is 0. The molecule has 1 aromatic carbocycles. The van der Waals surface area contributed by atoms with Crippen molar-refractivity contribution in [3.63, 3.8) is 0 Å². The number of nitrogens with zero attached hydrogens (tertiary/aromatic N) is 1. The number of aryl methyl sites for hydroxylation is 1. The smallest absolute Gasteiger partial charge is 0.251 e. The first-order valence-electron chi connectivity index (χ1n) is 6.52. The van der Waals surface area contributed by atoms with Crippen molar-refractivity contribution >= 4 is 34.0 Å². The fraction of sp³-hybridized carbons (Fsp3) is 0.462. The number of sulfonamides is 1. The number of halogens is 1. The van der Waals surface area contributed by atoms with Gasteiger partial charge in [-0.1, -0.05) is 0 Å². The number of carbonyl (C=O) groups is 1. The molecule has 0 spiro atoms. The minimum Gasteiger partial charge on any atom is -0.351 e. The van der Waals surface area contributed by atoms with Gasteiger partial charge in [0.2, 0.25) is 10.0 Å². The molecule has 1 heterocycles. The second-order valence-electron chi connectivity index (χ2n) is 4.83. The van der Waals surface area contributed by atoms with Gasteiger partial charge < -0.3 is 11.1 Å². The lowest BCUT2D eigenvalue weighted by Gasteiger charge is -2.29. The van der Waals surface area contributed by atoms with Gasteiger partial charge >= 0.3 is 0 Å². The van der Waals surface area contributed by atoms with E-state index in [9.17, 15) is 13.2 Å². The second-order valence-corrected chi connectivity index (χ2v) is 6.73. The Morgan fingerprint density at radius 1 is 1.43 bits per heavy atom. The Balaban J connectivity index is 0.00000220. The predicted octanol–water partition coefficient (Wildman–Crippen LogP) is 0.509. The van der Waals surface area contributed by atoms with Gasteiger partial charge in [0.25, 0.3) is 5.91 Å². The molecule has 21 heavy (non-hydrogen) atoms. The zero-order valence-corrected chi connectivity index (χ0v) is 13.5. The van der Waals surface area contributed by atoms with Gasteiger partial charge in [-0.3, -0.25) is 9.10 Å². The van der Waals surface area contributed by atoms with E-state index in [1.807, 2.05) is 0 Å². The number of nitrogens with two attached hydrogens (primary N) is 1. The molecule has 8 heteroatoms. The van der Waals surface area contributed by atoms with Crippen molar-refractivity contribution in [3.05, 3.63) is 29.3 Å². The lowest BCUT2D eigenvalue weighted by Crippen LogP contribution is -2.35. The summed E-state index contributed by atoms with van der Waals surface area (Å²) < 4.78 is 24.9. The standard InChI is InChI=1S/C13H19N3O3S.ClH/c1-20(18,19)16-8-2-3-10-9-11(4-5-12(10)16)13(17)15-7-6-14;/h4-5,9H,2-3,6-8,14H2,1H3,(H,15,17);1H. The third-order valence-corrected chi connectivity index (χ3v) is 4.43. The third kappa shape index (κ3) is 4.09. The zero-order chi connectivity index (χ0) is 14.8. The number of amides is 1. The molecule has 0 bridgehead atoms. The van der Waals surface area contributed by atoms with E-state index in [-0.39, 0.29) is 18.3 Å². The summed E-state index contributed by atoms with van der Waals surface area (Å²) in [6.45, 7) is 1.30. The Kier molecular flexibility index (Phi) is 6.00. The summed E-state index contributed by atoms with van der Waals surface area (Å²) in [7, 11) is -3.27. The molecule has 0 aliphatic carbocycles. The van der Waals surface area contributed by atoms with Gasteiger partial charge in [-0.25, -0.2) is 8.42 Å². The number of hydrogen-bond donors (Lipinski definition) is 2. The molecule has 0 radical (unpaired) electrons. The van der Waals surface area contributed by atoms with Gasteiger partial charge in [-0.05, 0) is 36.6 Å². The van der Waals surface area contributed by atoms with Gasteiger partial charge in [0.1, 0.15) is 0 Å². The number of hydrogen-bond acceptors (Lipinski definition) is 4. The molecule has 0 fully saturated rings. The molecule has 1 aliphatic rings. The van der Waals surface area contributed by atoms with Crippen LogP contribution in [0.25, 0.3) is 0 Å². The molecule has 1 aliphatic heterocycles. The Labute approximate surface area is 131 Å². The topological polar surface area (TPSA) is 92.5 Å². The maximum atomic E-state index is 11.9. The predicted molar refractivity (Wildman–Crippen MR) is 85.6 cm³/mol. The normalized spacial score (nSPS) is 14.1. The van der Waals surface area contributed by atoms with E-state index in [0.717, 1.165) is 18.4 Å². The average Bonchev–Trinajstić information content (AvgIpc) is 2.42. The van der Waals surface area contributed by atoms with E-state index < -0.39 is 10.0 Å². The first-order valence-corrected chi connectivity index (χ1v) is 8.37. The van der Waals surface area contributed by atoms with Crippen LogP contribution in [-0.2, 0) is 16.4 Å². The van der Waals surface area contributed by atoms with Gasteiger partial charge in [0, 0.05) is 25.2 Å². The van der Waals surface area contributed by atoms with Crippen molar-refractivity contribution in [1.82, 2.24) is 5.32 Å². The van der Waals surface area contributed by atoms with Crippen molar-refractivity contribution in [2.75, 3.05) is 30.2 Å². The molecule has 0 saturated heterocycles. The summed E-state index contributed by atoms with van der Waals surface area (Å²) in [5.41, 5.74) is 7.44. The highest BCUT2D eigenvalue weighted by Crippen LogP contribution is 2.29. The van der Waals surface area contributed by atoms with E-state index in [1.54, 1.807) is 18.2 Å². The number of benzene rings is 1. The van der Waals surface area contributed by atoms with Crippen LogP contribution in [0.1, 0.15) is 22.3 Å². The highest BCUT2D eigenvalue weighted by molar-refractivity contribution is 7.92. The molecule has 118 valence electrons. The maximum absolute atomic E-state index is 11.9. The number of anilines is 1. The van der Waals surface area contributed by atoms with E-state index in [4.69, 9.17) is 5.73 Å².